The summed E-state index contributed by atoms with van der Waals surface area (Å²) in [6.07, 6.45) is 5.84. The standard InChI is InChI=1S/C17H17BrClN7O2/c1-9-15(18)14(10(2)28-3)13(8-20-9)25-17(27)24-11-6-12(19)16(21-7-11)26-22-4-5-23-26/h4-8,10H,1-3H3,(H2,24,25,27). The summed E-state index contributed by atoms with van der Waals surface area (Å²) in [6, 6.07) is 1.10. The normalized spacial score (nSPS) is 11.9. The molecule has 11 heteroatoms. The highest BCUT2D eigenvalue weighted by molar-refractivity contribution is 9.10. The molecule has 0 radical (unpaired) electrons. The molecule has 0 saturated heterocycles. The van der Waals surface area contributed by atoms with Crippen molar-refractivity contribution in [1.82, 2.24) is 25.0 Å². The van der Waals surface area contributed by atoms with Crippen LogP contribution in [0.4, 0.5) is 16.2 Å². The van der Waals surface area contributed by atoms with E-state index in [0.29, 0.717) is 22.2 Å². The second kappa shape index (κ2) is 8.63. The lowest BCUT2D eigenvalue weighted by Gasteiger charge is -2.18. The van der Waals surface area contributed by atoms with Gasteiger partial charge in [0.15, 0.2) is 5.82 Å². The van der Waals surface area contributed by atoms with Gasteiger partial charge in [-0.3, -0.25) is 4.98 Å². The molecule has 0 aliphatic rings. The van der Waals surface area contributed by atoms with E-state index < -0.39 is 6.03 Å². The van der Waals surface area contributed by atoms with Gasteiger partial charge < -0.3 is 15.4 Å². The van der Waals surface area contributed by atoms with Crippen molar-refractivity contribution in [3.05, 3.63) is 51.6 Å². The van der Waals surface area contributed by atoms with E-state index in [0.717, 1.165) is 15.7 Å². The molecule has 0 aliphatic carbocycles. The maximum atomic E-state index is 12.5. The summed E-state index contributed by atoms with van der Waals surface area (Å²) in [5.41, 5.74) is 2.53. The summed E-state index contributed by atoms with van der Waals surface area (Å²) in [6.45, 7) is 3.75. The van der Waals surface area contributed by atoms with Crippen molar-refractivity contribution < 1.29 is 9.53 Å². The zero-order chi connectivity index (χ0) is 20.3. The van der Waals surface area contributed by atoms with Crippen molar-refractivity contribution in [2.75, 3.05) is 17.7 Å². The topological polar surface area (TPSA) is 107 Å². The molecule has 3 aromatic rings. The van der Waals surface area contributed by atoms with E-state index in [1.165, 1.54) is 23.4 Å². The molecule has 28 heavy (non-hydrogen) atoms. The number of aryl methyl sites for hydroxylation is 1. The van der Waals surface area contributed by atoms with Crippen LogP contribution in [0.25, 0.3) is 5.82 Å². The van der Waals surface area contributed by atoms with Crippen LogP contribution < -0.4 is 10.6 Å². The number of anilines is 2. The van der Waals surface area contributed by atoms with Gasteiger partial charge in [-0.15, -0.1) is 4.80 Å². The molecule has 3 rings (SSSR count). The van der Waals surface area contributed by atoms with Crippen molar-refractivity contribution in [3.63, 3.8) is 0 Å². The number of ether oxygens (including phenoxy) is 1. The number of pyridine rings is 2. The first-order valence-electron chi connectivity index (χ1n) is 8.18. The Morgan fingerprint density at radius 1 is 1.25 bits per heavy atom. The quantitative estimate of drug-likeness (QED) is 0.585. The highest BCUT2D eigenvalue weighted by Gasteiger charge is 2.18. The summed E-state index contributed by atoms with van der Waals surface area (Å²) >= 11 is 9.73. The fraction of sp³-hybridized carbons (Fsp3) is 0.235. The van der Waals surface area contributed by atoms with E-state index in [9.17, 15) is 4.79 Å². The molecule has 1 unspecified atom stereocenters. The van der Waals surface area contributed by atoms with Crippen molar-refractivity contribution in [2.45, 2.75) is 20.0 Å². The Hall–Kier alpha value is -2.56. The number of methoxy groups -OCH3 is 1. The molecule has 9 nitrogen and oxygen atoms in total. The van der Waals surface area contributed by atoms with Gasteiger partial charge in [0.1, 0.15) is 0 Å². The van der Waals surface area contributed by atoms with Crippen molar-refractivity contribution >= 4 is 44.9 Å². The predicted octanol–water partition coefficient (Wildman–Crippen LogP) is 4.13. The van der Waals surface area contributed by atoms with Crippen LogP contribution in [-0.4, -0.2) is 38.1 Å². The maximum absolute atomic E-state index is 12.5. The summed E-state index contributed by atoms with van der Waals surface area (Å²) in [4.78, 5) is 22.2. The first kappa shape index (κ1) is 20.2. The molecule has 1 atom stereocenters. The van der Waals surface area contributed by atoms with Gasteiger partial charge in [0, 0.05) is 17.1 Å². The third kappa shape index (κ3) is 4.29. The lowest BCUT2D eigenvalue weighted by atomic mass is 10.1. The fourth-order valence-electron chi connectivity index (χ4n) is 2.47. The average Bonchev–Trinajstić information content (AvgIpc) is 3.19. The summed E-state index contributed by atoms with van der Waals surface area (Å²) in [5.74, 6) is 0.362. The number of carbonyl (C=O) groups is 1. The van der Waals surface area contributed by atoms with E-state index >= 15 is 0 Å². The average molecular weight is 467 g/mol. The minimum absolute atomic E-state index is 0.247. The summed E-state index contributed by atoms with van der Waals surface area (Å²) in [5, 5.41) is 13.7. The van der Waals surface area contributed by atoms with E-state index in [1.54, 1.807) is 19.4 Å². The van der Waals surface area contributed by atoms with Crippen LogP contribution in [-0.2, 0) is 4.74 Å². The van der Waals surface area contributed by atoms with Crippen molar-refractivity contribution in [1.29, 1.82) is 0 Å². The van der Waals surface area contributed by atoms with E-state index in [2.05, 4.69) is 46.7 Å². The zero-order valence-electron chi connectivity index (χ0n) is 15.3. The summed E-state index contributed by atoms with van der Waals surface area (Å²) in [7, 11) is 1.60. The molecule has 3 heterocycles. The summed E-state index contributed by atoms with van der Waals surface area (Å²) < 4.78 is 6.18. The molecule has 2 amide bonds. The first-order chi connectivity index (χ1) is 13.4. The number of amides is 2. The number of nitrogens with one attached hydrogen (secondary N) is 2. The van der Waals surface area contributed by atoms with Crippen LogP contribution in [0.1, 0.15) is 24.3 Å². The monoisotopic (exact) mass is 465 g/mol. The Labute approximate surface area is 174 Å². The molecular formula is C17H17BrClN7O2. The molecule has 2 N–H and O–H groups in total. The lowest BCUT2D eigenvalue weighted by Crippen LogP contribution is -2.21. The van der Waals surface area contributed by atoms with Gasteiger partial charge in [-0.1, -0.05) is 11.6 Å². The molecule has 0 bridgehead atoms. The van der Waals surface area contributed by atoms with Crippen LogP contribution in [0.5, 0.6) is 0 Å². The SMILES string of the molecule is COC(C)c1c(NC(=O)Nc2cnc(-n3nccn3)c(Cl)c2)cnc(C)c1Br. The van der Waals surface area contributed by atoms with Crippen LogP contribution in [0.3, 0.4) is 0 Å². The van der Waals surface area contributed by atoms with Gasteiger partial charge in [-0.05, 0) is 35.8 Å². The third-order valence-electron chi connectivity index (χ3n) is 3.93. The molecule has 0 fully saturated rings. The van der Waals surface area contributed by atoms with Gasteiger partial charge in [0.2, 0.25) is 0 Å². The van der Waals surface area contributed by atoms with E-state index in [-0.39, 0.29) is 6.10 Å². The maximum Gasteiger partial charge on any atom is 0.323 e. The number of rotatable bonds is 5. The Balaban J connectivity index is 1.78. The van der Waals surface area contributed by atoms with Crippen LogP contribution in [0.15, 0.2) is 35.3 Å². The Bertz CT molecular complexity index is 997. The minimum Gasteiger partial charge on any atom is -0.377 e. The van der Waals surface area contributed by atoms with E-state index in [1.807, 2.05) is 13.8 Å². The predicted molar refractivity (Wildman–Crippen MR) is 109 cm³/mol. The van der Waals surface area contributed by atoms with Gasteiger partial charge in [0.05, 0.1) is 53.0 Å². The van der Waals surface area contributed by atoms with Crippen LogP contribution >= 0.6 is 27.5 Å². The molecule has 0 aliphatic heterocycles. The number of nitrogens with zero attached hydrogens (tertiary/aromatic N) is 5. The molecule has 0 spiro atoms. The number of halogens is 2. The highest BCUT2D eigenvalue weighted by Crippen LogP contribution is 2.33. The van der Waals surface area contributed by atoms with Gasteiger partial charge in [0.25, 0.3) is 0 Å². The minimum atomic E-state index is -0.468. The lowest BCUT2D eigenvalue weighted by molar-refractivity contribution is 0.119. The number of carbonyl (C=O) groups excluding carboxylic acids is 1. The van der Waals surface area contributed by atoms with E-state index in [4.69, 9.17) is 16.3 Å². The second-order valence-corrected chi connectivity index (χ2v) is 6.99. The van der Waals surface area contributed by atoms with Crippen LogP contribution in [0, 0.1) is 6.92 Å². The first-order valence-corrected chi connectivity index (χ1v) is 9.35. The largest absolute Gasteiger partial charge is 0.377 e. The number of aromatic nitrogens is 5. The molecule has 0 saturated carbocycles. The smallest absolute Gasteiger partial charge is 0.323 e. The van der Waals surface area contributed by atoms with Gasteiger partial charge >= 0.3 is 6.03 Å². The fourth-order valence-corrected chi connectivity index (χ4v) is 3.35. The Morgan fingerprint density at radius 3 is 2.61 bits per heavy atom. The molecule has 0 aromatic carbocycles. The van der Waals surface area contributed by atoms with Crippen LogP contribution in [0.2, 0.25) is 5.02 Å². The molecule has 3 aromatic heterocycles. The highest BCUT2D eigenvalue weighted by atomic mass is 79.9. The third-order valence-corrected chi connectivity index (χ3v) is 5.21. The molecule has 146 valence electrons. The zero-order valence-corrected chi connectivity index (χ0v) is 17.6. The molecular weight excluding hydrogens is 450 g/mol. The van der Waals surface area contributed by atoms with Gasteiger partial charge in [-0.25, -0.2) is 9.78 Å². The number of hydrogen-bond acceptors (Lipinski definition) is 6. The Kier molecular flexibility index (Phi) is 6.22. The van der Waals surface area contributed by atoms with Crippen molar-refractivity contribution in [2.24, 2.45) is 0 Å². The Morgan fingerprint density at radius 2 is 1.96 bits per heavy atom. The number of urea groups is 1. The van der Waals surface area contributed by atoms with Crippen molar-refractivity contribution in [3.8, 4) is 5.82 Å². The number of hydrogen-bond donors (Lipinski definition) is 2. The van der Waals surface area contributed by atoms with Gasteiger partial charge in [-0.2, -0.15) is 10.2 Å². The second-order valence-electron chi connectivity index (χ2n) is 5.79.